The van der Waals surface area contributed by atoms with E-state index in [1.165, 1.54) is 31.2 Å². The quantitative estimate of drug-likeness (QED) is 0.822. The van der Waals surface area contributed by atoms with Gasteiger partial charge in [-0.3, -0.25) is 9.59 Å². The molecule has 2 aromatic carbocycles. The molecule has 8 heteroatoms. The van der Waals surface area contributed by atoms with Gasteiger partial charge >= 0.3 is 0 Å². The summed E-state index contributed by atoms with van der Waals surface area (Å²) < 4.78 is 26.3. The Morgan fingerprint density at radius 3 is 2.44 bits per heavy atom. The van der Waals surface area contributed by atoms with E-state index in [0.717, 1.165) is 17.7 Å². The molecule has 142 valence electrons. The number of anilines is 2. The van der Waals surface area contributed by atoms with Crippen LogP contribution in [0.1, 0.15) is 29.8 Å². The SMILES string of the molecule is CCNS(=O)(=O)c1ccc(C(=O)Nc2ccc3c(c2)CCN3C(C)=O)cc1. The van der Waals surface area contributed by atoms with E-state index in [0.29, 0.717) is 24.3 Å². The predicted octanol–water partition coefficient (Wildman–Crippen LogP) is 2.15. The Kier molecular flexibility index (Phi) is 5.29. The summed E-state index contributed by atoms with van der Waals surface area (Å²) in [6.07, 6.45) is 0.746. The number of carbonyl (C=O) groups is 2. The van der Waals surface area contributed by atoms with Gasteiger partial charge in [0, 0.05) is 37.0 Å². The van der Waals surface area contributed by atoms with Crippen LogP contribution in [-0.2, 0) is 21.2 Å². The second-order valence-electron chi connectivity index (χ2n) is 6.24. The van der Waals surface area contributed by atoms with Gasteiger partial charge in [0.2, 0.25) is 15.9 Å². The number of hydrogen-bond acceptors (Lipinski definition) is 4. The highest BCUT2D eigenvalue weighted by Crippen LogP contribution is 2.30. The van der Waals surface area contributed by atoms with Gasteiger partial charge in [0.15, 0.2) is 0 Å². The van der Waals surface area contributed by atoms with E-state index in [4.69, 9.17) is 0 Å². The van der Waals surface area contributed by atoms with Gasteiger partial charge in [-0.15, -0.1) is 0 Å². The maximum atomic E-state index is 12.4. The van der Waals surface area contributed by atoms with Crippen molar-refractivity contribution in [1.29, 1.82) is 0 Å². The Morgan fingerprint density at radius 1 is 1.11 bits per heavy atom. The first kappa shape index (κ1) is 19.1. The van der Waals surface area contributed by atoms with Crippen molar-refractivity contribution in [2.75, 3.05) is 23.3 Å². The highest BCUT2D eigenvalue weighted by Gasteiger charge is 2.22. The average Bonchev–Trinajstić information content (AvgIpc) is 3.05. The fourth-order valence-electron chi connectivity index (χ4n) is 3.07. The van der Waals surface area contributed by atoms with E-state index in [9.17, 15) is 18.0 Å². The highest BCUT2D eigenvalue weighted by molar-refractivity contribution is 7.89. The minimum atomic E-state index is -3.54. The summed E-state index contributed by atoms with van der Waals surface area (Å²) in [6, 6.07) is 11.2. The molecule has 2 amide bonds. The molecule has 2 aromatic rings. The lowest BCUT2D eigenvalue weighted by atomic mass is 10.1. The number of nitrogens with one attached hydrogen (secondary N) is 2. The summed E-state index contributed by atoms with van der Waals surface area (Å²) in [4.78, 5) is 25.9. The number of sulfonamides is 1. The third-order valence-corrected chi connectivity index (χ3v) is 5.94. The lowest BCUT2D eigenvalue weighted by molar-refractivity contribution is -0.116. The fourth-order valence-corrected chi connectivity index (χ4v) is 4.11. The second kappa shape index (κ2) is 7.50. The Morgan fingerprint density at radius 2 is 1.81 bits per heavy atom. The number of hydrogen-bond donors (Lipinski definition) is 2. The van der Waals surface area contributed by atoms with E-state index in [2.05, 4.69) is 10.0 Å². The Hall–Kier alpha value is -2.71. The lowest BCUT2D eigenvalue weighted by Crippen LogP contribution is -2.25. The van der Waals surface area contributed by atoms with Gasteiger partial charge < -0.3 is 10.2 Å². The molecule has 1 aliphatic heterocycles. The number of nitrogens with zero attached hydrogens (tertiary/aromatic N) is 1. The Balaban J connectivity index is 1.74. The number of carbonyl (C=O) groups excluding carboxylic acids is 2. The van der Waals surface area contributed by atoms with Crippen LogP contribution in [0.3, 0.4) is 0 Å². The van der Waals surface area contributed by atoms with Crippen LogP contribution in [0.25, 0.3) is 0 Å². The number of amides is 2. The fraction of sp³-hybridized carbons (Fsp3) is 0.263. The van der Waals surface area contributed by atoms with E-state index in [-0.39, 0.29) is 16.7 Å². The standard InChI is InChI=1S/C19H21N3O4S/c1-3-20-27(25,26)17-7-4-14(5-8-17)19(24)21-16-6-9-18-15(12-16)10-11-22(18)13(2)23/h4-9,12,20H,3,10-11H2,1-2H3,(H,21,24). The van der Waals surface area contributed by atoms with Crippen molar-refractivity contribution >= 4 is 33.2 Å². The van der Waals surface area contributed by atoms with Gasteiger partial charge in [-0.05, 0) is 54.4 Å². The molecular weight excluding hydrogens is 366 g/mol. The molecule has 0 aliphatic carbocycles. The van der Waals surface area contributed by atoms with Gasteiger partial charge in [0.25, 0.3) is 5.91 Å². The molecule has 0 saturated carbocycles. The Bertz CT molecular complexity index is 985. The first-order chi connectivity index (χ1) is 12.8. The molecule has 0 aromatic heterocycles. The van der Waals surface area contributed by atoms with Crippen LogP contribution in [0.2, 0.25) is 0 Å². The van der Waals surface area contributed by atoms with Gasteiger partial charge in [0.05, 0.1) is 4.90 Å². The van der Waals surface area contributed by atoms with E-state index in [1.807, 2.05) is 12.1 Å². The van der Waals surface area contributed by atoms with Crippen molar-refractivity contribution in [3.63, 3.8) is 0 Å². The minimum Gasteiger partial charge on any atom is -0.322 e. The molecule has 1 heterocycles. The van der Waals surface area contributed by atoms with Crippen molar-refractivity contribution in [2.24, 2.45) is 0 Å². The zero-order valence-corrected chi connectivity index (χ0v) is 16.0. The molecule has 0 atom stereocenters. The van der Waals surface area contributed by atoms with Crippen molar-refractivity contribution in [1.82, 2.24) is 4.72 Å². The number of fused-ring (bicyclic) bond motifs is 1. The van der Waals surface area contributed by atoms with E-state index in [1.54, 1.807) is 17.9 Å². The van der Waals surface area contributed by atoms with Crippen LogP contribution in [-0.4, -0.2) is 33.3 Å². The molecule has 0 spiro atoms. The third-order valence-electron chi connectivity index (χ3n) is 4.37. The van der Waals surface area contributed by atoms with Gasteiger partial charge in [-0.1, -0.05) is 6.92 Å². The van der Waals surface area contributed by atoms with E-state index >= 15 is 0 Å². The maximum Gasteiger partial charge on any atom is 0.255 e. The summed E-state index contributed by atoms with van der Waals surface area (Å²) in [6.45, 7) is 4.17. The first-order valence-electron chi connectivity index (χ1n) is 8.64. The summed E-state index contributed by atoms with van der Waals surface area (Å²) >= 11 is 0. The van der Waals surface area contributed by atoms with Crippen LogP contribution >= 0.6 is 0 Å². The maximum absolute atomic E-state index is 12.4. The van der Waals surface area contributed by atoms with Gasteiger partial charge in [0.1, 0.15) is 0 Å². The lowest BCUT2D eigenvalue weighted by Gasteiger charge is -2.15. The zero-order chi connectivity index (χ0) is 19.6. The van der Waals surface area contributed by atoms with Crippen LogP contribution < -0.4 is 14.9 Å². The summed E-state index contributed by atoms with van der Waals surface area (Å²) in [5.74, 6) is -0.332. The van der Waals surface area contributed by atoms with Crippen molar-refractivity contribution in [3.8, 4) is 0 Å². The van der Waals surface area contributed by atoms with Gasteiger partial charge in [-0.25, -0.2) is 13.1 Å². The smallest absolute Gasteiger partial charge is 0.255 e. The summed E-state index contributed by atoms with van der Waals surface area (Å²) in [5.41, 5.74) is 2.87. The zero-order valence-electron chi connectivity index (χ0n) is 15.2. The molecule has 3 rings (SSSR count). The van der Waals surface area contributed by atoms with Gasteiger partial charge in [-0.2, -0.15) is 0 Å². The van der Waals surface area contributed by atoms with Crippen molar-refractivity contribution in [2.45, 2.75) is 25.2 Å². The summed E-state index contributed by atoms with van der Waals surface area (Å²) in [5, 5.41) is 2.81. The van der Waals surface area contributed by atoms with Crippen LogP contribution in [0.15, 0.2) is 47.4 Å². The molecule has 0 unspecified atom stereocenters. The predicted molar refractivity (Wildman–Crippen MR) is 103 cm³/mol. The van der Waals surface area contributed by atoms with Crippen LogP contribution in [0.4, 0.5) is 11.4 Å². The highest BCUT2D eigenvalue weighted by atomic mass is 32.2. The molecule has 7 nitrogen and oxygen atoms in total. The molecule has 0 radical (unpaired) electrons. The van der Waals surface area contributed by atoms with E-state index < -0.39 is 10.0 Å². The average molecular weight is 387 g/mol. The van der Waals surface area contributed by atoms with Crippen LogP contribution in [0.5, 0.6) is 0 Å². The minimum absolute atomic E-state index is 0.00172. The van der Waals surface area contributed by atoms with Crippen molar-refractivity contribution in [3.05, 3.63) is 53.6 Å². The largest absolute Gasteiger partial charge is 0.322 e. The third kappa shape index (κ3) is 4.01. The number of rotatable bonds is 5. The second-order valence-corrected chi connectivity index (χ2v) is 8.01. The van der Waals surface area contributed by atoms with Crippen molar-refractivity contribution < 1.29 is 18.0 Å². The molecule has 0 fully saturated rings. The normalized spacial score (nSPS) is 13.3. The molecule has 0 bridgehead atoms. The monoisotopic (exact) mass is 387 g/mol. The molecule has 1 aliphatic rings. The number of benzene rings is 2. The molecular formula is C19H21N3O4S. The molecule has 2 N–H and O–H groups in total. The van der Waals surface area contributed by atoms with Crippen LogP contribution in [0, 0.1) is 0 Å². The molecule has 0 saturated heterocycles. The Labute approximate surface area is 158 Å². The first-order valence-corrected chi connectivity index (χ1v) is 10.1. The topological polar surface area (TPSA) is 95.6 Å². The summed E-state index contributed by atoms with van der Waals surface area (Å²) in [7, 11) is -3.54. The molecule has 27 heavy (non-hydrogen) atoms.